The van der Waals surface area contributed by atoms with Crippen LogP contribution in [0, 0.1) is 17.7 Å². The molecule has 0 atom stereocenters. The summed E-state index contributed by atoms with van der Waals surface area (Å²) in [4.78, 5) is 0. The number of halogens is 2. The number of benzene rings is 2. The van der Waals surface area contributed by atoms with E-state index in [0.29, 0.717) is 13.1 Å². The molecule has 19 heavy (non-hydrogen) atoms. The molecule has 98 valence electrons. The highest BCUT2D eigenvalue weighted by molar-refractivity contribution is 5.85. The molecule has 0 heterocycles. The Morgan fingerprint density at radius 2 is 1.63 bits per heavy atom. The van der Waals surface area contributed by atoms with Crippen molar-refractivity contribution in [3.05, 3.63) is 71.5 Å². The topological polar surface area (TPSA) is 12.0 Å². The molecule has 0 aliphatic heterocycles. The first-order valence-electron chi connectivity index (χ1n) is 5.84. The molecule has 0 saturated heterocycles. The molecule has 0 fully saturated rings. The van der Waals surface area contributed by atoms with Gasteiger partial charge in [-0.1, -0.05) is 42.2 Å². The molecule has 2 rings (SSSR count). The summed E-state index contributed by atoms with van der Waals surface area (Å²) in [6, 6.07) is 16.3. The van der Waals surface area contributed by atoms with E-state index in [2.05, 4.69) is 17.2 Å². The molecule has 0 bridgehead atoms. The van der Waals surface area contributed by atoms with Crippen LogP contribution in [0.5, 0.6) is 0 Å². The SMILES string of the molecule is Cl.Fc1ccc(CNCC#Cc2ccccc2)cc1. The van der Waals surface area contributed by atoms with Crippen molar-refractivity contribution < 1.29 is 4.39 Å². The lowest BCUT2D eigenvalue weighted by Gasteiger charge is -2.00. The number of nitrogens with one attached hydrogen (secondary N) is 1. The van der Waals surface area contributed by atoms with E-state index < -0.39 is 0 Å². The maximum Gasteiger partial charge on any atom is 0.123 e. The monoisotopic (exact) mass is 275 g/mol. The fraction of sp³-hybridized carbons (Fsp3) is 0.125. The molecule has 0 radical (unpaired) electrons. The summed E-state index contributed by atoms with van der Waals surface area (Å²) in [7, 11) is 0. The molecular weight excluding hydrogens is 261 g/mol. The number of hydrogen-bond donors (Lipinski definition) is 1. The van der Waals surface area contributed by atoms with E-state index in [1.807, 2.05) is 30.3 Å². The summed E-state index contributed by atoms with van der Waals surface area (Å²) < 4.78 is 12.7. The van der Waals surface area contributed by atoms with Crippen LogP contribution in [-0.4, -0.2) is 6.54 Å². The third kappa shape index (κ3) is 5.56. The molecular formula is C16H15ClFN. The van der Waals surface area contributed by atoms with Gasteiger partial charge in [-0.2, -0.15) is 0 Å². The van der Waals surface area contributed by atoms with Crippen molar-refractivity contribution in [2.75, 3.05) is 6.54 Å². The molecule has 2 aromatic carbocycles. The molecule has 0 aliphatic carbocycles. The van der Waals surface area contributed by atoms with E-state index in [0.717, 1.165) is 11.1 Å². The maximum absolute atomic E-state index is 12.7. The lowest BCUT2D eigenvalue weighted by molar-refractivity contribution is 0.626. The zero-order valence-corrected chi connectivity index (χ0v) is 11.2. The fourth-order valence-electron chi connectivity index (χ4n) is 1.54. The Morgan fingerprint density at radius 1 is 0.947 bits per heavy atom. The second-order valence-electron chi connectivity index (χ2n) is 3.90. The van der Waals surface area contributed by atoms with Gasteiger partial charge in [0.1, 0.15) is 5.82 Å². The summed E-state index contributed by atoms with van der Waals surface area (Å²) in [6.07, 6.45) is 0. The summed E-state index contributed by atoms with van der Waals surface area (Å²) in [5.74, 6) is 5.91. The van der Waals surface area contributed by atoms with Crippen LogP contribution in [0.2, 0.25) is 0 Å². The van der Waals surface area contributed by atoms with Gasteiger partial charge in [-0.25, -0.2) is 4.39 Å². The molecule has 0 aliphatic rings. The van der Waals surface area contributed by atoms with Crippen LogP contribution in [0.1, 0.15) is 11.1 Å². The van der Waals surface area contributed by atoms with Gasteiger partial charge in [0.25, 0.3) is 0 Å². The molecule has 3 heteroatoms. The Balaban J connectivity index is 0.00000180. The minimum absolute atomic E-state index is 0. The lowest BCUT2D eigenvalue weighted by atomic mass is 10.2. The van der Waals surface area contributed by atoms with Crippen molar-refractivity contribution >= 4 is 12.4 Å². The van der Waals surface area contributed by atoms with Gasteiger partial charge in [0, 0.05) is 12.1 Å². The summed E-state index contributed by atoms with van der Waals surface area (Å²) in [5, 5.41) is 3.20. The van der Waals surface area contributed by atoms with Gasteiger partial charge in [-0.3, -0.25) is 0 Å². The Bertz CT molecular complexity index is 540. The van der Waals surface area contributed by atoms with Crippen molar-refractivity contribution in [1.82, 2.24) is 5.32 Å². The minimum Gasteiger partial charge on any atom is -0.302 e. The van der Waals surface area contributed by atoms with Crippen LogP contribution in [0.25, 0.3) is 0 Å². The van der Waals surface area contributed by atoms with Crippen LogP contribution in [0.3, 0.4) is 0 Å². The molecule has 0 aromatic heterocycles. The molecule has 1 nitrogen and oxygen atoms in total. The highest BCUT2D eigenvalue weighted by atomic mass is 35.5. The van der Waals surface area contributed by atoms with E-state index >= 15 is 0 Å². The second-order valence-corrected chi connectivity index (χ2v) is 3.90. The molecule has 2 aromatic rings. The molecule has 0 saturated carbocycles. The molecule has 0 spiro atoms. The number of rotatable bonds is 3. The standard InChI is InChI=1S/C16H14FN.ClH/c17-16-10-8-15(9-11-16)13-18-12-4-7-14-5-2-1-3-6-14;/h1-3,5-6,8-11,18H,12-13H2;1H. The summed E-state index contributed by atoms with van der Waals surface area (Å²) in [5.41, 5.74) is 2.07. The van der Waals surface area contributed by atoms with Gasteiger partial charge in [-0.05, 0) is 29.8 Å². The third-order valence-corrected chi connectivity index (χ3v) is 2.46. The van der Waals surface area contributed by atoms with Gasteiger partial charge in [-0.15, -0.1) is 12.4 Å². The Labute approximate surface area is 119 Å². The fourth-order valence-corrected chi connectivity index (χ4v) is 1.54. The normalized spacial score (nSPS) is 9.11. The predicted octanol–water partition coefficient (Wildman–Crippen LogP) is 3.39. The maximum atomic E-state index is 12.7. The lowest BCUT2D eigenvalue weighted by Crippen LogP contribution is -2.13. The third-order valence-electron chi connectivity index (χ3n) is 2.46. The van der Waals surface area contributed by atoms with Crippen molar-refractivity contribution in [3.63, 3.8) is 0 Å². The van der Waals surface area contributed by atoms with Gasteiger partial charge < -0.3 is 5.32 Å². The van der Waals surface area contributed by atoms with Crippen LogP contribution in [0.4, 0.5) is 4.39 Å². The average Bonchev–Trinajstić information content (AvgIpc) is 2.42. The highest BCUT2D eigenvalue weighted by Gasteiger charge is 1.92. The largest absolute Gasteiger partial charge is 0.302 e. The molecule has 0 amide bonds. The van der Waals surface area contributed by atoms with Crippen molar-refractivity contribution in [2.45, 2.75) is 6.54 Å². The minimum atomic E-state index is -0.206. The molecule has 1 N–H and O–H groups in total. The van der Waals surface area contributed by atoms with E-state index in [1.54, 1.807) is 12.1 Å². The zero-order valence-electron chi connectivity index (χ0n) is 10.4. The van der Waals surface area contributed by atoms with E-state index in [4.69, 9.17) is 0 Å². The van der Waals surface area contributed by atoms with Gasteiger partial charge >= 0.3 is 0 Å². The second kappa shape index (κ2) is 8.31. The molecule has 0 unspecified atom stereocenters. The number of hydrogen-bond acceptors (Lipinski definition) is 1. The van der Waals surface area contributed by atoms with Gasteiger partial charge in [0.15, 0.2) is 0 Å². The van der Waals surface area contributed by atoms with Crippen LogP contribution in [-0.2, 0) is 6.54 Å². The average molecular weight is 276 g/mol. The van der Waals surface area contributed by atoms with Crippen molar-refractivity contribution in [1.29, 1.82) is 0 Å². The quantitative estimate of drug-likeness (QED) is 0.669. The zero-order chi connectivity index (χ0) is 12.6. The van der Waals surface area contributed by atoms with Crippen molar-refractivity contribution in [2.24, 2.45) is 0 Å². The summed E-state index contributed by atoms with van der Waals surface area (Å²) in [6.45, 7) is 1.32. The van der Waals surface area contributed by atoms with E-state index in [9.17, 15) is 4.39 Å². The van der Waals surface area contributed by atoms with E-state index in [1.165, 1.54) is 12.1 Å². The van der Waals surface area contributed by atoms with Gasteiger partial charge in [0.2, 0.25) is 0 Å². The Kier molecular flexibility index (Phi) is 6.67. The summed E-state index contributed by atoms with van der Waals surface area (Å²) >= 11 is 0. The van der Waals surface area contributed by atoms with Gasteiger partial charge in [0.05, 0.1) is 6.54 Å². The van der Waals surface area contributed by atoms with Crippen LogP contribution < -0.4 is 5.32 Å². The van der Waals surface area contributed by atoms with Crippen molar-refractivity contribution in [3.8, 4) is 11.8 Å². The smallest absolute Gasteiger partial charge is 0.123 e. The Hall–Kier alpha value is -1.82. The van der Waals surface area contributed by atoms with Crippen LogP contribution in [0.15, 0.2) is 54.6 Å². The van der Waals surface area contributed by atoms with Crippen LogP contribution >= 0.6 is 12.4 Å². The first kappa shape index (κ1) is 15.2. The highest BCUT2D eigenvalue weighted by Crippen LogP contribution is 2.01. The van der Waals surface area contributed by atoms with E-state index in [-0.39, 0.29) is 18.2 Å². The first-order valence-corrected chi connectivity index (χ1v) is 5.84. The Morgan fingerprint density at radius 3 is 2.32 bits per heavy atom. The first-order chi connectivity index (χ1) is 8.84. The predicted molar refractivity (Wildman–Crippen MR) is 78.7 cm³/mol.